The number of halogens is 1. The number of rotatable bonds is 8. The van der Waals surface area contributed by atoms with Gasteiger partial charge in [0.25, 0.3) is 5.89 Å². The van der Waals surface area contributed by atoms with Crippen LogP contribution in [0.4, 0.5) is 0 Å². The van der Waals surface area contributed by atoms with Crippen molar-refractivity contribution in [2.75, 3.05) is 6.54 Å². The molecule has 0 amide bonds. The molecule has 0 aliphatic heterocycles. The van der Waals surface area contributed by atoms with Crippen molar-refractivity contribution in [3.05, 3.63) is 40.0 Å². The average Bonchev–Trinajstić information content (AvgIpc) is 2.95. The molecular weight excluding hydrogens is 334 g/mol. The van der Waals surface area contributed by atoms with E-state index in [2.05, 4.69) is 44.4 Å². The van der Waals surface area contributed by atoms with Crippen molar-refractivity contribution in [2.24, 2.45) is 0 Å². The van der Waals surface area contributed by atoms with Gasteiger partial charge in [-0.15, -0.1) is 10.2 Å². The highest BCUT2D eigenvalue weighted by Crippen LogP contribution is 2.26. The van der Waals surface area contributed by atoms with E-state index in [9.17, 15) is 0 Å². The minimum Gasteiger partial charge on any atom is -0.483 e. The molecule has 0 aliphatic carbocycles. The number of hydrogen-bond acceptors (Lipinski definition) is 5. The van der Waals surface area contributed by atoms with Crippen LogP contribution in [-0.4, -0.2) is 16.7 Å². The predicted molar refractivity (Wildman–Crippen MR) is 84.1 cm³/mol. The molecule has 1 aromatic carbocycles. The molecule has 0 radical (unpaired) electrons. The molecule has 2 aromatic rings. The van der Waals surface area contributed by atoms with Crippen LogP contribution in [0.1, 0.15) is 37.6 Å². The van der Waals surface area contributed by atoms with E-state index in [4.69, 9.17) is 9.15 Å². The second-order valence-electron chi connectivity index (χ2n) is 4.67. The van der Waals surface area contributed by atoms with Gasteiger partial charge in [0.2, 0.25) is 5.89 Å². The number of nitrogens with zero attached hydrogens (tertiary/aromatic N) is 2. The van der Waals surface area contributed by atoms with E-state index in [0.29, 0.717) is 11.8 Å². The Bertz CT molecular complexity index is 572. The predicted octanol–water partition coefficient (Wildman–Crippen LogP) is 3.47. The number of nitrogens with one attached hydrogen (secondary N) is 1. The molecule has 0 atom stereocenters. The second-order valence-corrected chi connectivity index (χ2v) is 5.53. The lowest BCUT2D eigenvalue weighted by molar-refractivity contribution is 0.258. The maximum absolute atomic E-state index is 5.70. The van der Waals surface area contributed by atoms with Crippen molar-refractivity contribution in [1.82, 2.24) is 15.5 Å². The largest absolute Gasteiger partial charge is 0.483 e. The highest BCUT2D eigenvalue weighted by Gasteiger charge is 2.07. The van der Waals surface area contributed by atoms with Crippen LogP contribution in [0, 0.1) is 0 Å². The molecule has 0 spiro atoms. The van der Waals surface area contributed by atoms with Gasteiger partial charge in [-0.2, -0.15) is 0 Å². The number of hydrogen-bond donors (Lipinski definition) is 1. The van der Waals surface area contributed by atoms with Gasteiger partial charge < -0.3 is 14.5 Å². The van der Waals surface area contributed by atoms with Crippen LogP contribution in [0.2, 0.25) is 0 Å². The smallest absolute Gasteiger partial charge is 0.253 e. The van der Waals surface area contributed by atoms with E-state index in [0.717, 1.165) is 36.2 Å². The minimum atomic E-state index is 0.277. The zero-order valence-corrected chi connectivity index (χ0v) is 13.9. The molecule has 1 N–H and O–H groups in total. The first kappa shape index (κ1) is 16.0. The zero-order chi connectivity index (χ0) is 15.1. The van der Waals surface area contributed by atoms with Gasteiger partial charge in [0.1, 0.15) is 5.75 Å². The Kier molecular flexibility index (Phi) is 6.20. The lowest BCUT2D eigenvalue weighted by atomic mass is 10.2. The Labute approximate surface area is 133 Å². The Morgan fingerprint density at radius 2 is 2.05 bits per heavy atom. The Morgan fingerprint density at radius 1 is 1.24 bits per heavy atom. The molecule has 6 heteroatoms. The fourth-order valence-electron chi connectivity index (χ4n) is 1.81. The zero-order valence-electron chi connectivity index (χ0n) is 12.4. The molecule has 0 aliphatic rings. The van der Waals surface area contributed by atoms with Gasteiger partial charge >= 0.3 is 0 Å². The van der Waals surface area contributed by atoms with Crippen LogP contribution in [0.25, 0.3) is 0 Å². The van der Waals surface area contributed by atoms with Gasteiger partial charge in [-0.05, 0) is 46.6 Å². The summed E-state index contributed by atoms with van der Waals surface area (Å²) in [6, 6.07) is 6.06. The van der Waals surface area contributed by atoms with Crippen molar-refractivity contribution in [3.8, 4) is 5.75 Å². The number of aryl methyl sites for hydroxylation is 1. The minimum absolute atomic E-state index is 0.277. The Hall–Kier alpha value is -1.40. The molecule has 0 bridgehead atoms. The third-order valence-corrected chi connectivity index (χ3v) is 3.53. The molecule has 21 heavy (non-hydrogen) atoms. The monoisotopic (exact) mass is 353 g/mol. The summed E-state index contributed by atoms with van der Waals surface area (Å²) >= 11 is 3.53. The van der Waals surface area contributed by atoms with Gasteiger partial charge in [-0.25, -0.2) is 0 Å². The van der Waals surface area contributed by atoms with Gasteiger partial charge in [0, 0.05) is 13.0 Å². The van der Waals surface area contributed by atoms with Crippen LogP contribution in [0.15, 0.2) is 27.1 Å². The number of aromatic nitrogens is 2. The summed E-state index contributed by atoms with van der Waals surface area (Å²) in [5, 5.41) is 11.2. The van der Waals surface area contributed by atoms with Gasteiger partial charge in [0.15, 0.2) is 6.61 Å². The van der Waals surface area contributed by atoms with Crippen LogP contribution < -0.4 is 10.1 Å². The highest BCUT2D eigenvalue weighted by atomic mass is 79.9. The normalized spacial score (nSPS) is 10.8. The molecule has 0 fully saturated rings. The maximum Gasteiger partial charge on any atom is 0.253 e. The summed E-state index contributed by atoms with van der Waals surface area (Å²) in [5.41, 5.74) is 1.22. The maximum atomic E-state index is 5.70. The Morgan fingerprint density at radius 3 is 2.71 bits per heavy atom. The summed E-state index contributed by atoms with van der Waals surface area (Å²) in [7, 11) is 0. The molecule has 2 rings (SSSR count). The van der Waals surface area contributed by atoms with Crippen molar-refractivity contribution >= 4 is 15.9 Å². The first-order valence-corrected chi connectivity index (χ1v) is 7.95. The van der Waals surface area contributed by atoms with E-state index in [1.54, 1.807) is 0 Å². The van der Waals surface area contributed by atoms with Crippen LogP contribution in [0.3, 0.4) is 0 Å². The molecule has 0 saturated heterocycles. The van der Waals surface area contributed by atoms with Gasteiger partial charge in [-0.1, -0.05) is 19.9 Å². The summed E-state index contributed by atoms with van der Waals surface area (Å²) in [5.74, 6) is 1.89. The Balaban J connectivity index is 1.91. The summed E-state index contributed by atoms with van der Waals surface area (Å²) in [4.78, 5) is 0. The van der Waals surface area contributed by atoms with Gasteiger partial charge in [-0.3, -0.25) is 0 Å². The van der Waals surface area contributed by atoms with E-state index in [1.165, 1.54) is 5.56 Å². The fraction of sp³-hybridized carbons (Fsp3) is 0.467. The summed E-state index contributed by atoms with van der Waals surface area (Å²) < 4.78 is 12.0. The van der Waals surface area contributed by atoms with Crippen molar-refractivity contribution in [3.63, 3.8) is 0 Å². The van der Waals surface area contributed by atoms with Gasteiger partial charge in [0.05, 0.1) is 4.47 Å². The first-order valence-electron chi connectivity index (χ1n) is 7.16. The molecule has 5 nitrogen and oxygen atoms in total. The summed E-state index contributed by atoms with van der Waals surface area (Å²) in [6.07, 6.45) is 1.86. The average molecular weight is 354 g/mol. The third kappa shape index (κ3) is 4.82. The molecule has 1 aromatic heterocycles. The molecule has 0 unspecified atom stereocenters. The highest BCUT2D eigenvalue weighted by molar-refractivity contribution is 9.10. The van der Waals surface area contributed by atoms with E-state index in [1.807, 2.05) is 19.1 Å². The van der Waals surface area contributed by atoms with E-state index >= 15 is 0 Å². The van der Waals surface area contributed by atoms with Crippen molar-refractivity contribution < 1.29 is 9.15 Å². The van der Waals surface area contributed by atoms with Crippen molar-refractivity contribution in [2.45, 2.75) is 39.8 Å². The number of ether oxygens (including phenoxy) is 1. The quantitative estimate of drug-likeness (QED) is 0.736. The lowest BCUT2D eigenvalue weighted by Gasteiger charge is -2.09. The first-order chi connectivity index (χ1) is 10.2. The van der Waals surface area contributed by atoms with Crippen LogP contribution >= 0.6 is 15.9 Å². The third-order valence-electron chi connectivity index (χ3n) is 2.91. The molecule has 1 heterocycles. The fourth-order valence-corrected chi connectivity index (χ4v) is 2.35. The van der Waals surface area contributed by atoms with Crippen molar-refractivity contribution in [1.29, 1.82) is 0 Å². The number of benzene rings is 1. The van der Waals surface area contributed by atoms with Crippen LogP contribution in [0.5, 0.6) is 5.75 Å². The second kappa shape index (κ2) is 8.14. The van der Waals surface area contributed by atoms with E-state index in [-0.39, 0.29) is 6.61 Å². The standard InChI is InChI=1S/C15H20BrN3O2/c1-3-7-17-9-11-5-6-13(12(16)8-11)20-10-15-19-18-14(4-2)21-15/h5-6,8,17H,3-4,7,9-10H2,1-2H3. The van der Waals surface area contributed by atoms with Crippen LogP contribution in [-0.2, 0) is 19.6 Å². The molecule has 0 saturated carbocycles. The molecule has 114 valence electrons. The van der Waals surface area contributed by atoms with E-state index < -0.39 is 0 Å². The summed E-state index contributed by atoms with van der Waals surface area (Å²) in [6.45, 7) is 6.28. The SMILES string of the molecule is CCCNCc1ccc(OCc2nnc(CC)o2)c(Br)c1. The topological polar surface area (TPSA) is 60.2 Å². The lowest BCUT2D eigenvalue weighted by Crippen LogP contribution is -2.13. The molecular formula is C15H20BrN3O2.